The second-order valence-electron chi connectivity index (χ2n) is 7.25. The van der Waals surface area contributed by atoms with Gasteiger partial charge in [-0.25, -0.2) is 0 Å². The first kappa shape index (κ1) is 24.2. The molecule has 0 radical (unpaired) electrons. The summed E-state index contributed by atoms with van der Waals surface area (Å²) >= 11 is 0. The first-order valence-corrected chi connectivity index (χ1v) is 13.0. The van der Waals surface area contributed by atoms with Crippen LogP contribution >= 0.6 is 0 Å². The fraction of sp³-hybridized carbons (Fsp3) is 0.333. The second-order valence-corrected chi connectivity index (χ2v) is 11.9. The predicted molar refractivity (Wildman–Crippen MR) is 124 cm³/mol. The maximum atomic E-state index is 11.4. The number of rotatable bonds is 9. The number of phenols is 1. The van der Waals surface area contributed by atoms with Gasteiger partial charge in [0.2, 0.25) is 0 Å². The summed E-state index contributed by atoms with van der Waals surface area (Å²) in [4.78, 5) is 22.8. The van der Waals surface area contributed by atoms with Crippen molar-refractivity contribution in [3.05, 3.63) is 47.5 Å². The summed E-state index contributed by atoms with van der Waals surface area (Å²) in [6, 6.07) is 12.8. The van der Waals surface area contributed by atoms with Crippen LogP contribution in [0.4, 0.5) is 0 Å². The Labute approximate surface area is 184 Å². The average Bonchev–Trinajstić information content (AvgIpc) is 2.72. The van der Waals surface area contributed by atoms with Gasteiger partial charge in [-0.3, -0.25) is 9.59 Å². The minimum atomic E-state index is -2.00. The molecule has 0 unspecified atom stereocenters. The molecule has 2 aromatic rings. The molecule has 2 aromatic carbocycles. The first-order valence-electron chi connectivity index (χ1n) is 10.4. The summed E-state index contributed by atoms with van der Waals surface area (Å²) in [6.45, 7) is 9.07. The van der Waals surface area contributed by atoms with Crippen LogP contribution < -0.4 is 13.9 Å². The molecule has 0 aromatic heterocycles. The molecular weight excluding hydrogens is 412 g/mol. The molecule has 0 fully saturated rings. The zero-order valence-corrected chi connectivity index (χ0v) is 19.7. The molecule has 2 rings (SSSR count). The van der Waals surface area contributed by atoms with Gasteiger partial charge in [0, 0.05) is 25.5 Å². The van der Waals surface area contributed by atoms with Crippen molar-refractivity contribution in [2.75, 3.05) is 0 Å². The largest absolute Gasteiger partial charge is 0.543 e. The maximum Gasteiger partial charge on any atom is 0.308 e. The normalized spacial score (nSPS) is 11.4. The fourth-order valence-corrected chi connectivity index (χ4v) is 5.86. The van der Waals surface area contributed by atoms with Crippen LogP contribution in [-0.4, -0.2) is 25.4 Å². The number of benzene rings is 2. The Balaban J connectivity index is 2.51. The number of carbonyl (C=O) groups excluding carboxylic acids is 2. The summed E-state index contributed by atoms with van der Waals surface area (Å²) < 4.78 is 17.0. The van der Waals surface area contributed by atoms with E-state index in [1.165, 1.54) is 19.9 Å². The molecule has 0 saturated carbocycles. The summed E-state index contributed by atoms with van der Waals surface area (Å²) in [7, 11) is -2.00. The molecule has 1 N–H and O–H groups in total. The Hall–Kier alpha value is -3.06. The third kappa shape index (κ3) is 6.46. The molecule has 0 atom stereocenters. The Morgan fingerprint density at radius 2 is 1.55 bits per heavy atom. The highest BCUT2D eigenvalue weighted by atomic mass is 28.4. The summed E-state index contributed by atoms with van der Waals surface area (Å²) in [5.41, 5.74) is 1.15. The predicted octanol–water partition coefficient (Wildman–Crippen LogP) is 5.80. The molecule has 31 heavy (non-hydrogen) atoms. The van der Waals surface area contributed by atoms with Gasteiger partial charge < -0.3 is 19.0 Å². The van der Waals surface area contributed by atoms with E-state index in [1.807, 2.05) is 0 Å². The second kappa shape index (κ2) is 10.8. The number of carbonyl (C=O) groups is 2. The minimum Gasteiger partial charge on any atom is -0.543 e. The third-order valence-electron chi connectivity index (χ3n) is 5.23. The Bertz CT molecular complexity index is 954. The summed E-state index contributed by atoms with van der Waals surface area (Å²) in [6.07, 6.45) is 3.46. The van der Waals surface area contributed by atoms with Gasteiger partial charge in [-0.05, 0) is 48.5 Å². The van der Waals surface area contributed by atoms with Crippen molar-refractivity contribution >= 4 is 32.4 Å². The zero-order chi connectivity index (χ0) is 23.0. The lowest BCUT2D eigenvalue weighted by atomic mass is 10.1. The molecule has 0 saturated heterocycles. The van der Waals surface area contributed by atoms with Crippen LogP contribution in [0.15, 0.2) is 36.4 Å². The molecule has 166 valence electrons. The molecule has 0 bridgehead atoms. The molecule has 0 aliphatic carbocycles. The van der Waals surface area contributed by atoms with Crippen LogP contribution in [0.5, 0.6) is 23.0 Å². The highest BCUT2D eigenvalue weighted by Gasteiger charge is 2.31. The van der Waals surface area contributed by atoms with Crippen LogP contribution in [0.25, 0.3) is 12.2 Å². The number of hydrogen-bond donors (Lipinski definition) is 1. The van der Waals surface area contributed by atoms with Crippen molar-refractivity contribution < 1.29 is 28.6 Å². The third-order valence-corrected chi connectivity index (χ3v) is 9.75. The molecule has 0 spiro atoms. The minimum absolute atomic E-state index is 0.00611. The molecule has 0 aliphatic heterocycles. The van der Waals surface area contributed by atoms with E-state index in [9.17, 15) is 14.7 Å². The van der Waals surface area contributed by atoms with Crippen molar-refractivity contribution in [1.29, 1.82) is 0 Å². The zero-order valence-electron chi connectivity index (χ0n) is 18.7. The van der Waals surface area contributed by atoms with E-state index in [-0.39, 0.29) is 11.5 Å². The molecule has 7 heteroatoms. The van der Waals surface area contributed by atoms with E-state index in [0.29, 0.717) is 17.1 Å². The Morgan fingerprint density at radius 1 is 0.903 bits per heavy atom. The van der Waals surface area contributed by atoms with Crippen LogP contribution in [0, 0.1) is 0 Å². The average molecular weight is 443 g/mol. The topological polar surface area (TPSA) is 82.1 Å². The maximum absolute atomic E-state index is 11.4. The SMILES string of the molecule is CC[Si](CC)(CC)Oc1cc(OC(C)=O)ccc1C=Cc1c(O)cccc1OC(C)=O. The van der Waals surface area contributed by atoms with Crippen LogP contribution in [-0.2, 0) is 9.59 Å². The van der Waals surface area contributed by atoms with E-state index in [4.69, 9.17) is 13.9 Å². The van der Waals surface area contributed by atoms with Crippen molar-refractivity contribution in [3.8, 4) is 23.0 Å². The lowest BCUT2D eigenvalue weighted by Crippen LogP contribution is -2.39. The fourth-order valence-electron chi connectivity index (χ4n) is 3.29. The van der Waals surface area contributed by atoms with Gasteiger partial charge in [0.1, 0.15) is 23.0 Å². The monoisotopic (exact) mass is 442 g/mol. The lowest BCUT2D eigenvalue weighted by molar-refractivity contribution is -0.132. The van der Waals surface area contributed by atoms with Gasteiger partial charge >= 0.3 is 11.9 Å². The smallest absolute Gasteiger partial charge is 0.308 e. The standard InChI is InChI=1S/C24H30O6Si/c1-6-31(7-2,8-3)30-24-16-20(28-17(4)25)14-12-19(24)13-15-21-22(27)10-9-11-23(21)29-18(5)26/h9-16,27H,6-8H2,1-5H3. The van der Waals surface area contributed by atoms with Gasteiger partial charge in [0.25, 0.3) is 8.32 Å². The van der Waals surface area contributed by atoms with E-state index in [2.05, 4.69) is 20.8 Å². The molecule has 6 nitrogen and oxygen atoms in total. The van der Waals surface area contributed by atoms with E-state index >= 15 is 0 Å². The molecule has 0 amide bonds. The van der Waals surface area contributed by atoms with Crippen LogP contribution in [0.2, 0.25) is 18.1 Å². The van der Waals surface area contributed by atoms with Crippen molar-refractivity contribution in [2.24, 2.45) is 0 Å². The number of hydrogen-bond acceptors (Lipinski definition) is 6. The highest BCUT2D eigenvalue weighted by molar-refractivity contribution is 6.74. The molecular formula is C24H30O6Si. The van der Waals surface area contributed by atoms with Gasteiger partial charge in [0.05, 0.1) is 5.56 Å². The highest BCUT2D eigenvalue weighted by Crippen LogP contribution is 2.34. The van der Waals surface area contributed by atoms with Crippen LogP contribution in [0.1, 0.15) is 45.7 Å². The number of phenolic OH excluding ortho intramolecular Hbond substituents is 1. The van der Waals surface area contributed by atoms with E-state index in [1.54, 1.807) is 42.5 Å². The van der Waals surface area contributed by atoms with Gasteiger partial charge in [-0.15, -0.1) is 0 Å². The van der Waals surface area contributed by atoms with Gasteiger partial charge in [0.15, 0.2) is 0 Å². The number of aromatic hydroxyl groups is 1. The lowest BCUT2D eigenvalue weighted by Gasteiger charge is -2.30. The summed E-state index contributed by atoms with van der Waals surface area (Å²) in [5.74, 6) is 0.417. The number of ether oxygens (including phenoxy) is 2. The van der Waals surface area contributed by atoms with Crippen LogP contribution in [0.3, 0.4) is 0 Å². The van der Waals surface area contributed by atoms with Crippen molar-refractivity contribution in [3.63, 3.8) is 0 Å². The van der Waals surface area contributed by atoms with Gasteiger partial charge in [-0.1, -0.05) is 32.9 Å². The molecule has 0 heterocycles. The first-order chi connectivity index (χ1) is 14.7. The number of esters is 2. The van der Waals surface area contributed by atoms with Gasteiger partial charge in [-0.2, -0.15) is 0 Å². The van der Waals surface area contributed by atoms with E-state index in [0.717, 1.165) is 23.7 Å². The van der Waals surface area contributed by atoms with E-state index < -0.39 is 20.3 Å². The Morgan fingerprint density at radius 3 is 2.13 bits per heavy atom. The summed E-state index contributed by atoms with van der Waals surface area (Å²) in [5, 5.41) is 10.3. The van der Waals surface area contributed by atoms with Crippen molar-refractivity contribution in [1.82, 2.24) is 0 Å². The quantitative estimate of drug-likeness (QED) is 0.229. The molecule has 0 aliphatic rings. The van der Waals surface area contributed by atoms with Crippen molar-refractivity contribution in [2.45, 2.75) is 52.8 Å². The Kier molecular flexibility index (Phi) is 8.44.